The molecule has 2 atom stereocenters. The molecule has 202 valence electrons. The summed E-state index contributed by atoms with van der Waals surface area (Å²) in [5, 5.41) is 11.2. The van der Waals surface area contributed by atoms with Gasteiger partial charge in [-0.1, -0.05) is 42.5 Å². The summed E-state index contributed by atoms with van der Waals surface area (Å²) < 4.78 is 30.8. The minimum absolute atomic E-state index is 0.0808. The van der Waals surface area contributed by atoms with Crippen LogP contribution in [0.2, 0.25) is 0 Å². The molecule has 3 heterocycles. The highest BCUT2D eigenvalue weighted by Crippen LogP contribution is 2.35. The smallest absolute Gasteiger partial charge is 0.410 e. The van der Waals surface area contributed by atoms with Crippen molar-refractivity contribution in [2.45, 2.75) is 56.5 Å². The summed E-state index contributed by atoms with van der Waals surface area (Å²) in [7, 11) is -3.92. The molecule has 2 saturated heterocycles. The van der Waals surface area contributed by atoms with Crippen molar-refractivity contribution in [3.63, 3.8) is 0 Å². The van der Waals surface area contributed by atoms with Crippen molar-refractivity contribution in [2.24, 2.45) is 0 Å². The lowest BCUT2D eigenvalue weighted by atomic mass is 9.98. The standard InChI is InChI=1S/C28H29N5O5S/c1-28(2,3)38-27(35)33-18-12-13-19(33)16-32(15-18)25-22(14-29)23(30-26(31-25)39(4,36)37)24(34)21-11-7-9-17-8-5-6-10-20(17)21/h5-11,18-19H,12-13,15-16H2,1-4H3/t18-,19+. The average Bonchev–Trinajstić information content (AvgIpc) is 3.15. The lowest BCUT2D eigenvalue weighted by Crippen LogP contribution is -2.57. The van der Waals surface area contributed by atoms with E-state index in [0.29, 0.717) is 24.0 Å². The van der Waals surface area contributed by atoms with Crippen LogP contribution in [0.3, 0.4) is 0 Å². The molecule has 2 aromatic carbocycles. The normalized spacial score (nSPS) is 19.2. The first-order chi connectivity index (χ1) is 18.4. The Morgan fingerprint density at radius 2 is 1.67 bits per heavy atom. The first-order valence-corrected chi connectivity index (χ1v) is 14.6. The molecule has 0 radical (unpaired) electrons. The van der Waals surface area contributed by atoms with Crippen LogP contribution in [-0.2, 0) is 14.6 Å². The number of benzene rings is 2. The van der Waals surface area contributed by atoms with Crippen LogP contribution in [0, 0.1) is 11.3 Å². The monoisotopic (exact) mass is 547 g/mol. The first kappa shape index (κ1) is 26.6. The second-order valence-electron chi connectivity index (χ2n) is 11.0. The Labute approximate surface area is 227 Å². The van der Waals surface area contributed by atoms with E-state index in [0.717, 1.165) is 24.5 Å². The van der Waals surface area contributed by atoms with Gasteiger partial charge in [-0.2, -0.15) is 10.2 Å². The van der Waals surface area contributed by atoms with E-state index in [4.69, 9.17) is 4.74 Å². The lowest BCUT2D eigenvalue weighted by Gasteiger charge is -2.42. The molecule has 0 aliphatic carbocycles. The predicted octanol–water partition coefficient (Wildman–Crippen LogP) is 3.72. The molecule has 10 nitrogen and oxygen atoms in total. The Balaban J connectivity index is 1.58. The Hall–Kier alpha value is -4.04. The van der Waals surface area contributed by atoms with Gasteiger partial charge in [0, 0.05) is 24.9 Å². The Morgan fingerprint density at radius 1 is 1.03 bits per heavy atom. The maximum Gasteiger partial charge on any atom is 0.410 e. The SMILES string of the molecule is CC(C)(C)OC(=O)N1[C@@H]2CC[C@H]1CN(c1nc(S(C)(=O)=O)nc(C(=O)c3cccc4ccccc34)c1C#N)C2. The number of carbonyl (C=O) groups excluding carboxylic acids is 2. The number of nitriles is 1. The van der Waals surface area contributed by atoms with Crippen molar-refractivity contribution in [1.29, 1.82) is 5.26 Å². The number of anilines is 1. The fourth-order valence-corrected chi connectivity index (χ4v) is 5.84. The van der Waals surface area contributed by atoms with Crippen LogP contribution < -0.4 is 4.90 Å². The number of fused-ring (bicyclic) bond motifs is 3. The Kier molecular flexibility index (Phi) is 6.55. The van der Waals surface area contributed by atoms with Crippen molar-refractivity contribution < 1.29 is 22.7 Å². The van der Waals surface area contributed by atoms with E-state index in [-0.39, 0.29) is 29.2 Å². The minimum atomic E-state index is -3.92. The number of piperazine rings is 1. The fourth-order valence-electron chi connectivity index (χ4n) is 5.33. The number of sulfone groups is 1. The van der Waals surface area contributed by atoms with Gasteiger partial charge in [-0.25, -0.2) is 18.2 Å². The molecule has 5 rings (SSSR count). The molecule has 1 amide bonds. The zero-order valence-electron chi connectivity index (χ0n) is 22.2. The Morgan fingerprint density at radius 3 is 2.28 bits per heavy atom. The van der Waals surface area contributed by atoms with Crippen LogP contribution in [0.25, 0.3) is 10.8 Å². The Bertz CT molecular complexity index is 1620. The summed E-state index contributed by atoms with van der Waals surface area (Å²) in [5.74, 6) is -0.482. The summed E-state index contributed by atoms with van der Waals surface area (Å²) in [6, 6.07) is 14.2. The second kappa shape index (κ2) is 9.61. The number of hydrogen-bond acceptors (Lipinski definition) is 9. The summed E-state index contributed by atoms with van der Waals surface area (Å²) >= 11 is 0. The first-order valence-electron chi connectivity index (χ1n) is 12.7. The molecule has 0 saturated carbocycles. The van der Waals surface area contributed by atoms with Gasteiger partial charge in [0.2, 0.25) is 20.8 Å². The van der Waals surface area contributed by atoms with Crippen molar-refractivity contribution in [1.82, 2.24) is 14.9 Å². The molecule has 11 heteroatoms. The van der Waals surface area contributed by atoms with Gasteiger partial charge in [-0.3, -0.25) is 9.69 Å². The van der Waals surface area contributed by atoms with Crippen LogP contribution in [-0.4, -0.2) is 72.2 Å². The van der Waals surface area contributed by atoms with E-state index in [2.05, 4.69) is 16.0 Å². The molecule has 3 aromatic rings. The summed E-state index contributed by atoms with van der Waals surface area (Å²) in [6.45, 7) is 6.05. The van der Waals surface area contributed by atoms with Gasteiger partial charge >= 0.3 is 6.09 Å². The number of rotatable bonds is 4. The number of ether oxygens (including phenoxy) is 1. The van der Waals surface area contributed by atoms with Gasteiger partial charge in [-0.05, 0) is 44.4 Å². The quantitative estimate of drug-likeness (QED) is 0.354. The van der Waals surface area contributed by atoms with Gasteiger partial charge in [0.05, 0.1) is 12.1 Å². The van der Waals surface area contributed by atoms with E-state index in [1.807, 2.05) is 39.0 Å². The highest BCUT2D eigenvalue weighted by Gasteiger charge is 2.45. The summed E-state index contributed by atoms with van der Waals surface area (Å²) in [6.07, 6.45) is 2.03. The molecule has 0 spiro atoms. The molecule has 39 heavy (non-hydrogen) atoms. The van der Waals surface area contributed by atoms with E-state index in [1.54, 1.807) is 34.1 Å². The third-order valence-corrected chi connectivity index (χ3v) is 7.79. The second-order valence-corrected chi connectivity index (χ2v) is 12.9. The van der Waals surface area contributed by atoms with Gasteiger partial charge in [-0.15, -0.1) is 0 Å². The van der Waals surface area contributed by atoms with E-state index in [9.17, 15) is 23.3 Å². The van der Waals surface area contributed by atoms with Gasteiger partial charge in [0.15, 0.2) is 5.82 Å². The van der Waals surface area contributed by atoms with Crippen LogP contribution in [0.5, 0.6) is 0 Å². The van der Waals surface area contributed by atoms with Crippen molar-refractivity contribution >= 4 is 38.3 Å². The zero-order valence-corrected chi connectivity index (χ0v) is 23.0. The molecule has 0 unspecified atom stereocenters. The van der Waals surface area contributed by atoms with Crippen LogP contribution in [0.1, 0.15) is 55.2 Å². The molecular formula is C28H29N5O5S. The van der Waals surface area contributed by atoms with Crippen molar-refractivity contribution in [3.8, 4) is 6.07 Å². The molecule has 1 aromatic heterocycles. The highest BCUT2D eigenvalue weighted by atomic mass is 32.2. The van der Waals surface area contributed by atoms with Gasteiger partial charge in [0.1, 0.15) is 22.9 Å². The topological polar surface area (TPSA) is 134 Å². The minimum Gasteiger partial charge on any atom is -0.444 e. The zero-order chi connectivity index (χ0) is 28.1. The third-order valence-electron chi connectivity index (χ3n) is 6.95. The van der Waals surface area contributed by atoms with Crippen molar-refractivity contribution in [3.05, 3.63) is 59.3 Å². The fraction of sp³-hybridized carbons (Fsp3) is 0.393. The predicted molar refractivity (Wildman–Crippen MR) is 144 cm³/mol. The molecule has 2 fully saturated rings. The van der Waals surface area contributed by atoms with E-state index in [1.165, 1.54) is 0 Å². The van der Waals surface area contributed by atoms with Gasteiger partial charge in [0.25, 0.3) is 0 Å². The largest absolute Gasteiger partial charge is 0.444 e. The maximum atomic E-state index is 13.8. The van der Waals surface area contributed by atoms with E-state index >= 15 is 0 Å². The summed E-state index contributed by atoms with van der Waals surface area (Å²) in [5.41, 5.74) is -0.689. The lowest BCUT2D eigenvalue weighted by molar-refractivity contribution is 0.0122. The molecule has 2 aliphatic heterocycles. The van der Waals surface area contributed by atoms with Crippen LogP contribution in [0.15, 0.2) is 47.6 Å². The number of ketones is 1. The number of hydrogen-bond donors (Lipinski definition) is 0. The molecule has 2 aliphatic rings. The van der Waals surface area contributed by atoms with Crippen molar-refractivity contribution in [2.75, 3.05) is 24.2 Å². The number of aromatic nitrogens is 2. The maximum absolute atomic E-state index is 13.8. The van der Waals surface area contributed by atoms with Crippen LogP contribution >= 0.6 is 0 Å². The molecular weight excluding hydrogens is 518 g/mol. The van der Waals surface area contributed by atoms with E-state index < -0.39 is 32.5 Å². The number of carbonyl (C=O) groups is 2. The molecule has 2 bridgehead atoms. The van der Waals surface area contributed by atoms with Crippen LogP contribution in [0.4, 0.5) is 10.6 Å². The summed E-state index contributed by atoms with van der Waals surface area (Å²) in [4.78, 5) is 38.7. The number of amides is 1. The average molecular weight is 548 g/mol. The number of nitrogens with zero attached hydrogens (tertiary/aromatic N) is 5. The third kappa shape index (κ3) is 5.04. The van der Waals surface area contributed by atoms with Gasteiger partial charge < -0.3 is 9.64 Å². The highest BCUT2D eigenvalue weighted by molar-refractivity contribution is 7.90. The molecule has 0 N–H and O–H groups in total.